The van der Waals surface area contributed by atoms with Crippen molar-refractivity contribution in [2.45, 2.75) is 32.2 Å². The van der Waals surface area contributed by atoms with Gasteiger partial charge < -0.3 is 15.5 Å². The van der Waals surface area contributed by atoms with E-state index in [4.69, 9.17) is 11.5 Å². The van der Waals surface area contributed by atoms with E-state index >= 15 is 4.39 Å². The van der Waals surface area contributed by atoms with Gasteiger partial charge in [0.15, 0.2) is 5.82 Å². The van der Waals surface area contributed by atoms with Crippen LogP contribution in [0.4, 0.5) is 10.1 Å². The zero-order valence-corrected chi connectivity index (χ0v) is 19.8. The summed E-state index contributed by atoms with van der Waals surface area (Å²) in [6.07, 6.45) is 0.595. The minimum atomic E-state index is -0.522. The number of aryl methyl sites for hydroxylation is 1. The Morgan fingerprint density at radius 2 is 1.88 bits per heavy atom. The van der Waals surface area contributed by atoms with Crippen molar-refractivity contribution >= 4 is 5.69 Å². The van der Waals surface area contributed by atoms with Crippen LogP contribution in [-0.2, 0) is 0 Å². The van der Waals surface area contributed by atoms with Gasteiger partial charge in [-0.3, -0.25) is 10.6 Å². The topological polar surface area (TPSA) is 92.5 Å². The number of rotatable bonds is 4. The lowest BCUT2D eigenvalue weighted by Gasteiger charge is -2.52. The van der Waals surface area contributed by atoms with Crippen molar-refractivity contribution in [2.24, 2.45) is 11.5 Å². The second kappa shape index (κ2) is 8.92. The summed E-state index contributed by atoms with van der Waals surface area (Å²) in [6, 6.07) is 15.5. The maximum Gasteiger partial charge on any atom is 0.151 e. The zero-order chi connectivity index (χ0) is 24.0. The molecule has 2 aliphatic heterocycles. The maximum absolute atomic E-state index is 15.4. The van der Waals surface area contributed by atoms with Crippen LogP contribution in [-0.4, -0.2) is 63.7 Å². The molecule has 3 atom stereocenters. The fraction of sp³-hybridized carbons (Fsp3) is 0.360. The molecule has 0 saturated heterocycles. The summed E-state index contributed by atoms with van der Waals surface area (Å²) in [6.45, 7) is 6.07. The molecule has 0 bridgehead atoms. The average Bonchev–Trinajstić information content (AvgIpc) is 3.25. The van der Waals surface area contributed by atoms with Gasteiger partial charge in [-0.25, -0.2) is 14.1 Å². The summed E-state index contributed by atoms with van der Waals surface area (Å²) in [5, 5.41) is 4.15. The summed E-state index contributed by atoms with van der Waals surface area (Å²) in [7, 11) is 2.11. The summed E-state index contributed by atoms with van der Waals surface area (Å²) in [4.78, 5) is 10.5. The van der Waals surface area contributed by atoms with Crippen molar-refractivity contribution in [3.05, 3.63) is 83.3 Å². The van der Waals surface area contributed by atoms with E-state index in [0.29, 0.717) is 23.7 Å². The van der Waals surface area contributed by atoms with Crippen LogP contribution in [0, 0.1) is 12.7 Å². The molecule has 3 heterocycles. The molecule has 2 aliphatic rings. The fourth-order valence-electron chi connectivity index (χ4n) is 5.26. The Kier molecular flexibility index (Phi) is 5.95. The minimum absolute atomic E-state index is 0.0614. The van der Waals surface area contributed by atoms with Gasteiger partial charge in [-0.1, -0.05) is 37.3 Å². The van der Waals surface area contributed by atoms with Gasteiger partial charge in [-0.05, 0) is 43.3 Å². The van der Waals surface area contributed by atoms with Crippen molar-refractivity contribution in [1.82, 2.24) is 24.6 Å². The molecule has 34 heavy (non-hydrogen) atoms. The van der Waals surface area contributed by atoms with Crippen LogP contribution in [0.25, 0.3) is 5.69 Å². The van der Waals surface area contributed by atoms with Crippen molar-refractivity contribution < 1.29 is 4.39 Å². The lowest BCUT2D eigenvalue weighted by atomic mass is 9.85. The van der Waals surface area contributed by atoms with Gasteiger partial charge in [0.1, 0.15) is 24.1 Å². The first-order valence-corrected chi connectivity index (χ1v) is 11.6. The van der Waals surface area contributed by atoms with Crippen LogP contribution in [0.5, 0.6) is 0 Å². The number of aromatic nitrogens is 3. The average molecular weight is 463 g/mol. The Hall–Kier alpha value is -3.11. The Morgan fingerprint density at radius 3 is 2.53 bits per heavy atom. The van der Waals surface area contributed by atoms with E-state index in [1.807, 2.05) is 36.1 Å². The van der Waals surface area contributed by atoms with Crippen LogP contribution in [0.2, 0.25) is 0 Å². The highest BCUT2D eigenvalue weighted by Crippen LogP contribution is 2.42. The van der Waals surface area contributed by atoms with Gasteiger partial charge in [0, 0.05) is 36.9 Å². The molecule has 3 aromatic rings. The Bertz CT molecular complexity index is 1210. The van der Waals surface area contributed by atoms with E-state index in [1.165, 1.54) is 22.6 Å². The molecule has 4 N–H and O–H groups in total. The van der Waals surface area contributed by atoms with Gasteiger partial charge in [0.2, 0.25) is 0 Å². The first kappa shape index (κ1) is 22.7. The molecule has 0 radical (unpaired) electrons. The highest BCUT2D eigenvalue weighted by Gasteiger charge is 2.43. The fourth-order valence-corrected chi connectivity index (χ4v) is 5.26. The molecule has 5 rings (SSSR count). The number of hydrogen-bond donors (Lipinski definition) is 2. The van der Waals surface area contributed by atoms with Crippen LogP contribution in [0.1, 0.15) is 24.2 Å². The number of nitrogens with two attached hydrogens (primary N) is 2. The molecule has 9 heteroatoms. The number of nitrogens with zero attached hydrogens (tertiary/aromatic N) is 6. The Labute approximate surface area is 199 Å². The van der Waals surface area contributed by atoms with Crippen LogP contribution >= 0.6 is 0 Å². The van der Waals surface area contributed by atoms with Crippen molar-refractivity contribution in [3.63, 3.8) is 0 Å². The third kappa shape index (κ3) is 3.70. The van der Waals surface area contributed by atoms with E-state index in [2.05, 4.69) is 39.1 Å². The molecule has 0 spiro atoms. The van der Waals surface area contributed by atoms with Gasteiger partial charge in [0.25, 0.3) is 0 Å². The van der Waals surface area contributed by atoms with E-state index in [0.717, 1.165) is 24.4 Å². The van der Waals surface area contributed by atoms with Crippen molar-refractivity contribution in [1.29, 1.82) is 0 Å². The van der Waals surface area contributed by atoms with E-state index in [1.54, 1.807) is 13.0 Å². The largest absolute Gasteiger partial charge is 0.315 e. The second-order valence-electron chi connectivity index (χ2n) is 8.98. The molecule has 178 valence electrons. The first-order valence-electron chi connectivity index (χ1n) is 11.6. The van der Waals surface area contributed by atoms with Crippen LogP contribution in [0.15, 0.2) is 66.1 Å². The van der Waals surface area contributed by atoms with E-state index in [9.17, 15) is 0 Å². The number of hydrogen-bond acceptors (Lipinski definition) is 7. The molecule has 3 unspecified atom stereocenters. The Balaban J connectivity index is 1.66. The standard InChI is InChI=1S/C25H31FN8/c1-4-32-24(27)20-14-31(3)13-19(17-8-6-5-7-9-17)23(20)33(25(32)28)18-10-11-22(21(26)12-18)34-16(2)29-15-30-34/h5-12,15,19,24-25H,4,13-14,27-28H2,1-3H3. The minimum Gasteiger partial charge on any atom is -0.315 e. The summed E-state index contributed by atoms with van der Waals surface area (Å²) in [5.41, 5.74) is 18.0. The van der Waals surface area contributed by atoms with Crippen LogP contribution in [0.3, 0.4) is 0 Å². The summed E-state index contributed by atoms with van der Waals surface area (Å²) < 4.78 is 16.9. The molecular formula is C25H31FN8. The first-order chi connectivity index (χ1) is 16.4. The quantitative estimate of drug-likeness (QED) is 0.615. The number of likely N-dealkylation sites (N-methyl/N-ethyl adjacent to an activating group) is 2. The smallest absolute Gasteiger partial charge is 0.151 e. The molecular weight excluding hydrogens is 431 g/mol. The maximum atomic E-state index is 15.4. The normalized spacial score (nSPS) is 23.9. The monoisotopic (exact) mass is 462 g/mol. The number of anilines is 1. The van der Waals surface area contributed by atoms with Gasteiger partial charge >= 0.3 is 0 Å². The summed E-state index contributed by atoms with van der Waals surface area (Å²) in [5.74, 6) is 0.294. The highest BCUT2D eigenvalue weighted by molar-refractivity contribution is 5.61. The predicted molar refractivity (Wildman–Crippen MR) is 131 cm³/mol. The molecule has 2 aromatic carbocycles. The lowest BCUT2D eigenvalue weighted by Crippen LogP contribution is -2.66. The zero-order valence-electron chi connectivity index (χ0n) is 19.8. The van der Waals surface area contributed by atoms with E-state index < -0.39 is 6.29 Å². The molecule has 0 saturated carbocycles. The molecule has 8 nitrogen and oxygen atoms in total. The van der Waals surface area contributed by atoms with Crippen molar-refractivity contribution in [2.75, 3.05) is 31.6 Å². The van der Waals surface area contributed by atoms with Gasteiger partial charge in [-0.2, -0.15) is 5.10 Å². The number of benzene rings is 2. The SMILES string of the molecule is CCN1C(N)C2=C(C(c3ccccc3)CN(C)C2)N(c2ccc(-n3ncnc3C)c(F)c2)C1N. The van der Waals surface area contributed by atoms with Crippen molar-refractivity contribution in [3.8, 4) is 5.69 Å². The molecule has 0 amide bonds. The number of halogens is 1. The highest BCUT2D eigenvalue weighted by atomic mass is 19.1. The third-order valence-electron chi connectivity index (χ3n) is 6.89. The molecule has 0 fully saturated rings. The van der Waals surface area contributed by atoms with E-state index in [-0.39, 0.29) is 17.9 Å². The third-order valence-corrected chi connectivity index (χ3v) is 6.89. The summed E-state index contributed by atoms with van der Waals surface area (Å²) >= 11 is 0. The van der Waals surface area contributed by atoms with Crippen LogP contribution < -0.4 is 16.4 Å². The van der Waals surface area contributed by atoms with Gasteiger partial charge in [-0.15, -0.1) is 0 Å². The lowest BCUT2D eigenvalue weighted by molar-refractivity contribution is 0.133. The Morgan fingerprint density at radius 1 is 1.12 bits per heavy atom. The second-order valence-corrected chi connectivity index (χ2v) is 8.98. The molecule has 1 aromatic heterocycles. The predicted octanol–water partition coefficient (Wildman–Crippen LogP) is 2.37. The van der Waals surface area contributed by atoms with Gasteiger partial charge in [0.05, 0.1) is 6.17 Å². The molecule has 0 aliphatic carbocycles.